The Kier molecular flexibility index (Phi) is 3.32. The van der Waals surface area contributed by atoms with E-state index in [9.17, 15) is 9.59 Å². The first-order chi connectivity index (χ1) is 8.74. The number of ether oxygens (including phenoxy) is 2. The van der Waals surface area contributed by atoms with E-state index in [4.69, 9.17) is 9.47 Å². The molecule has 0 aromatic rings. The zero-order chi connectivity index (χ0) is 14.4. The third-order valence-electron chi connectivity index (χ3n) is 3.67. The van der Waals surface area contributed by atoms with Crippen LogP contribution < -0.4 is 0 Å². The number of carbonyl (C=O) groups excluding carboxylic acids is 2. The number of hydrogen-bond acceptors (Lipinski definition) is 4. The van der Waals surface area contributed by atoms with Crippen LogP contribution in [0.1, 0.15) is 33.6 Å². The van der Waals surface area contributed by atoms with Crippen LogP contribution in [0.25, 0.3) is 0 Å². The predicted molar refractivity (Wildman–Crippen MR) is 69.5 cm³/mol. The number of hydrogen-bond donors (Lipinski definition) is 0. The van der Waals surface area contributed by atoms with Gasteiger partial charge in [-0.2, -0.15) is 0 Å². The van der Waals surface area contributed by atoms with E-state index in [0.717, 1.165) is 18.4 Å². The first-order valence-corrected chi connectivity index (χ1v) is 6.51. The third-order valence-corrected chi connectivity index (χ3v) is 3.67. The molecule has 1 aliphatic carbocycles. The Labute approximate surface area is 113 Å². The zero-order valence-electron chi connectivity index (χ0n) is 11.9. The molecule has 2 rings (SSSR count). The molecule has 1 amide bonds. The van der Waals surface area contributed by atoms with Gasteiger partial charge in [0.1, 0.15) is 11.6 Å². The van der Waals surface area contributed by atoms with Gasteiger partial charge in [0, 0.05) is 12.0 Å². The van der Waals surface area contributed by atoms with E-state index in [1.165, 1.54) is 12.0 Å². The molecule has 0 aromatic heterocycles. The monoisotopic (exact) mass is 267 g/mol. The molecule has 0 aromatic carbocycles. The molecule has 1 saturated heterocycles. The molecule has 0 radical (unpaired) electrons. The summed E-state index contributed by atoms with van der Waals surface area (Å²) in [6.07, 6.45) is 1.08. The van der Waals surface area contributed by atoms with Crippen LogP contribution in [-0.4, -0.2) is 41.8 Å². The SMILES string of the molecule is C=C1C[C@@H]2C[C@H]1[C@@H](C(=O)OC)N2C(=O)OC(C)(C)C. The first-order valence-electron chi connectivity index (χ1n) is 6.51. The molecule has 19 heavy (non-hydrogen) atoms. The predicted octanol–water partition coefficient (Wildman–Crippen LogP) is 2.11. The van der Waals surface area contributed by atoms with E-state index in [1.807, 2.05) is 20.8 Å². The quantitative estimate of drug-likeness (QED) is 0.539. The van der Waals surface area contributed by atoms with Gasteiger partial charge < -0.3 is 9.47 Å². The Bertz CT molecular complexity index is 424. The smallest absolute Gasteiger partial charge is 0.411 e. The van der Waals surface area contributed by atoms with Gasteiger partial charge in [-0.15, -0.1) is 0 Å². The lowest BCUT2D eigenvalue weighted by Crippen LogP contribution is -2.51. The topological polar surface area (TPSA) is 55.8 Å². The second-order valence-electron chi connectivity index (χ2n) is 6.21. The van der Waals surface area contributed by atoms with Crippen molar-refractivity contribution in [3.05, 3.63) is 12.2 Å². The van der Waals surface area contributed by atoms with Gasteiger partial charge in [-0.1, -0.05) is 12.2 Å². The Balaban J connectivity index is 2.21. The summed E-state index contributed by atoms with van der Waals surface area (Å²) in [6.45, 7) is 9.42. The standard InChI is InChI=1S/C14H21NO4/c1-8-6-9-7-10(8)11(12(16)18-5)15(9)13(17)19-14(2,3)4/h9-11H,1,6-7H2,2-5H3/t9-,10-,11+/m1/s1. The molecule has 2 aliphatic rings. The highest BCUT2D eigenvalue weighted by Crippen LogP contribution is 2.46. The first kappa shape index (κ1) is 13.9. The summed E-state index contributed by atoms with van der Waals surface area (Å²) >= 11 is 0. The van der Waals surface area contributed by atoms with E-state index in [0.29, 0.717) is 0 Å². The van der Waals surface area contributed by atoms with E-state index in [2.05, 4.69) is 6.58 Å². The normalized spacial score (nSPS) is 29.6. The number of carbonyl (C=O) groups is 2. The second-order valence-corrected chi connectivity index (χ2v) is 6.21. The van der Waals surface area contributed by atoms with Crippen molar-refractivity contribution in [2.45, 2.75) is 51.3 Å². The summed E-state index contributed by atoms with van der Waals surface area (Å²) in [5.74, 6) is -0.385. The van der Waals surface area contributed by atoms with Crippen LogP contribution in [0.4, 0.5) is 4.79 Å². The molecule has 106 valence electrons. The number of piperidine rings is 1. The average Bonchev–Trinajstić information content (AvgIpc) is 2.81. The Morgan fingerprint density at radius 2 is 2.00 bits per heavy atom. The fourth-order valence-corrected chi connectivity index (χ4v) is 2.96. The van der Waals surface area contributed by atoms with Crippen LogP contribution >= 0.6 is 0 Å². The van der Waals surface area contributed by atoms with E-state index in [1.54, 1.807) is 0 Å². The van der Waals surface area contributed by atoms with Gasteiger partial charge in [0.15, 0.2) is 0 Å². The molecule has 3 atom stereocenters. The molecule has 2 bridgehead atoms. The number of methoxy groups -OCH3 is 1. The van der Waals surface area contributed by atoms with Crippen molar-refractivity contribution in [2.75, 3.05) is 7.11 Å². The van der Waals surface area contributed by atoms with Crippen molar-refractivity contribution in [2.24, 2.45) is 5.92 Å². The van der Waals surface area contributed by atoms with Gasteiger partial charge in [-0.25, -0.2) is 9.59 Å². The molecule has 1 heterocycles. The summed E-state index contributed by atoms with van der Waals surface area (Å²) in [6, 6.07) is -0.567. The highest BCUT2D eigenvalue weighted by atomic mass is 16.6. The Morgan fingerprint density at radius 1 is 1.37 bits per heavy atom. The van der Waals surface area contributed by atoms with Crippen LogP contribution in [-0.2, 0) is 14.3 Å². The van der Waals surface area contributed by atoms with Crippen molar-refractivity contribution in [1.82, 2.24) is 4.90 Å². The summed E-state index contributed by atoms with van der Waals surface area (Å²) in [5, 5.41) is 0. The summed E-state index contributed by atoms with van der Waals surface area (Å²) in [4.78, 5) is 25.7. The van der Waals surface area contributed by atoms with Crippen molar-refractivity contribution in [3.8, 4) is 0 Å². The average molecular weight is 267 g/mol. The number of fused-ring (bicyclic) bond motifs is 2. The summed E-state index contributed by atoms with van der Waals surface area (Å²) in [5.41, 5.74) is 0.455. The van der Waals surface area contributed by atoms with Crippen molar-refractivity contribution >= 4 is 12.1 Å². The molecule has 0 N–H and O–H groups in total. The third kappa shape index (κ3) is 2.46. The fraction of sp³-hybridized carbons (Fsp3) is 0.714. The molecule has 1 aliphatic heterocycles. The summed E-state index contributed by atoms with van der Waals surface area (Å²) in [7, 11) is 1.34. The molecule has 0 spiro atoms. The maximum absolute atomic E-state index is 12.3. The molecule has 1 saturated carbocycles. The van der Waals surface area contributed by atoms with E-state index in [-0.39, 0.29) is 17.9 Å². The largest absolute Gasteiger partial charge is 0.467 e. The molecule has 0 unspecified atom stereocenters. The minimum atomic E-state index is -0.578. The maximum Gasteiger partial charge on any atom is 0.411 e. The number of amides is 1. The Hall–Kier alpha value is -1.52. The van der Waals surface area contributed by atoms with E-state index < -0.39 is 17.7 Å². The molecule has 5 nitrogen and oxygen atoms in total. The van der Waals surface area contributed by atoms with Gasteiger partial charge >= 0.3 is 12.1 Å². The van der Waals surface area contributed by atoms with Crippen LogP contribution in [0.3, 0.4) is 0 Å². The van der Waals surface area contributed by atoms with Crippen molar-refractivity contribution in [3.63, 3.8) is 0 Å². The summed E-state index contributed by atoms with van der Waals surface area (Å²) < 4.78 is 10.2. The number of esters is 1. The second kappa shape index (κ2) is 4.54. The number of likely N-dealkylation sites (tertiary alicyclic amines) is 1. The molecular formula is C14H21NO4. The van der Waals surface area contributed by atoms with Gasteiger partial charge in [0.2, 0.25) is 0 Å². The lowest BCUT2D eigenvalue weighted by molar-refractivity contribution is -0.147. The van der Waals surface area contributed by atoms with Gasteiger partial charge in [-0.05, 0) is 33.6 Å². The van der Waals surface area contributed by atoms with Gasteiger partial charge in [0.05, 0.1) is 7.11 Å². The van der Waals surface area contributed by atoms with E-state index >= 15 is 0 Å². The minimum Gasteiger partial charge on any atom is -0.467 e. The van der Waals surface area contributed by atoms with Gasteiger partial charge in [-0.3, -0.25) is 4.90 Å². The lowest BCUT2D eigenvalue weighted by atomic mass is 9.95. The number of nitrogens with zero attached hydrogens (tertiary/aromatic N) is 1. The maximum atomic E-state index is 12.3. The molecular weight excluding hydrogens is 246 g/mol. The number of rotatable bonds is 1. The highest BCUT2D eigenvalue weighted by Gasteiger charge is 2.54. The zero-order valence-corrected chi connectivity index (χ0v) is 11.9. The minimum absolute atomic E-state index is 0.00460. The van der Waals surface area contributed by atoms with Crippen LogP contribution in [0, 0.1) is 5.92 Å². The fourth-order valence-electron chi connectivity index (χ4n) is 2.96. The molecule has 2 fully saturated rings. The van der Waals surface area contributed by atoms with Crippen LogP contribution in [0.5, 0.6) is 0 Å². The van der Waals surface area contributed by atoms with Crippen molar-refractivity contribution in [1.29, 1.82) is 0 Å². The van der Waals surface area contributed by atoms with Crippen molar-refractivity contribution < 1.29 is 19.1 Å². The molecule has 5 heteroatoms. The van der Waals surface area contributed by atoms with Crippen LogP contribution in [0.15, 0.2) is 12.2 Å². The lowest BCUT2D eigenvalue weighted by Gasteiger charge is -2.35. The Morgan fingerprint density at radius 3 is 2.53 bits per heavy atom. The van der Waals surface area contributed by atoms with Gasteiger partial charge in [0.25, 0.3) is 0 Å². The van der Waals surface area contributed by atoms with Crippen LogP contribution in [0.2, 0.25) is 0 Å². The highest BCUT2D eigenvalue weighted by molar-refractivity contribution is 5.84.